The van der Waals surface area contributed by atoms with Crippen LogP contribution in [0.4, 0.5) is 5.82 Å². The van der Waals surface area contributed by atoms with Crippen LogP contribution in [0.25, 0.3) is 0 Å². The Kier molecular flexibility index (Phi) is 6.67. The molecule has 0 aliphatic carbocycles. The van der Waals surface area contributed by atoms with E-state index < -0.39 is 0 Å². The summed E-state index contributed by atoms with van der Waals surface area (Å²) in [5, 5.41) is 6.83. The third kappa shape index (κ3) is 6.05. The van der Waals surface area contributed by atoms with E-state index in [1.165, 1.54) is 25.7 Å². The zero-order valence-corrected chi connectivity index (χ0v) is 17.0. The SMILES string of the molecule is CC(C)(C)OCc1cc(CNC(=O)c2ccc(N3CCCCCC3)nc2)no1. The van der Waals surface area contributed by atoms with Crippen molar-refractivity contribution in [3.05, 3.63) is 41.4 Å². The lowest BCUT2D eigenvalue weighted by Crippen LogP contribution is -2.26. The maximum Gasteiger partial charge on any atom is 0.253 e. The number of aromatic nitrogens is 2. The second-order valence-corrected chi connectivity index (χ2v) is 8.17. The number of hydrogen-bond donors (Lipinski definition) is 1. The molecule has 0 spiro atoms. The van der Waals surface area contributed by atoms with Crippen molar-refractivity contribution in [1.82, 2.24) is 15.5 Å². The van der Waals surface area contributed by atoms with Gasteiger partial charge in [-0.1, -0.05) is 18.0 Å². The van der Waals surface area contributed by atoms with Gasteiger partial charge < -0.3 is 19.5 Å². The predicted molar refractivity (Wildman–Crippen MR) is 107 cm³/mol. The molecule has 0 atom stereocenters. The monoisotopic (exact) mass is 386 g/mol. The molecular weight excluding hydrogens is 356 g/mol. The van der Waals surface area contributed by atoms with Crippen molar-refractivity contribution in [2.75, 3.05) is 18.0 Å². The molecule has 0 unspecified atom stereocenters. The highest BCUT2D eigenvalue weighted by atomic mass is 16.5. The maximum atomic E-state index is 12.4. The van der Waals surface area contributed by atoms with Crippen LogP contribution in [0.2, 0.25) is 0 Å². The first kappa shape index (κ1) is 20.3. The number of pyridine rings is 1. The summed E-state index contributed by atoms with van der Waals surface area (Å²) in [5.41, 5.74) is 0.960. The second-order valence-electron chi connectivity index (χ2n) is 8.17. The summed E-state index contributed by atoms with van der Waals surface area (Å²) in [5.74, 6) is 1.41. The Morgan fingerprint density at radius 2 is 1.96 bits per heavy atom. The number of carbonyl (C=O) groups is 1. The van der Waals surface area contributed by atoms with Crippen LogP contribution in [0.3, 0.4) is 0 Å². The van der Waals surface area contributed by atoms with Crippen LogP contribution >= 0.6 is 0 Å². The van der Waals surface area contributed by atoms with Gasteiger partial charge in [0.15, 0.2) is 5.76 Å². The van der Waals surface area contributed by atoms with Gasteiger partial charge in [-0.2, -0.15) is 0 Å². The third-order valence-corrected chi connectivity index (χ3v) is 4.63. The standard InChI is InChI=1S/C21H30N4O3/c1-21(2,3)27-15-18-12-17(24-28-18)14-23-20(26)16-8-9-19(22-13-16)25-10-6-4-5-7-11-25/h8-9,12-13H,4-7,10-11,14-15H2,1-3H3,(H,23,26). The van der Waals surface area contributed by atoms with E-state index in [1.54, 1.807) is 12.3 Å². The number of rotatable bonds is 6. The van der Waals surface area contributed by atoms with Gasteiger partial charge in [0.1, 0.15) is 18.1 Å². The molecule has 7 nitrogen and oxygen atoms in total. The first-order valence-electron chi connectivity index (χ1n) is 9.98. The van der Waals surface area contributed by atoms with Gasteiger partial charge in [-0.05, 0) is 45.7 Å². The number of nitrogens with one attached hydrogen (secondary N) is 1. The topological polar surface area (TPSA) is 80.5 Å². The van der Waals surface area contributed by atoms with Crippen molar-refractivity contribution < 1.29 is 14.1 Å². The third-order valence-electron chi connectivity index (χ3n) is 4.63. The van der Waals surface area contributed by atoms with Crippen LogP contribution in [0, 0.1) is 0 Å². The highest BCUT2D eigenvalue weighted by molar-refractivity contribution is 5.93. The van der Waals surface area contributed by atoms with E-state index in [4.69, 9.17) is 9.26 Å². The molecule has 7 heteroatoms. The van der Waals surface area contributed by atoms with Crippen molar-refractivity contribution in [2.24, 2.45) is 0 Å². The highest BCUT2D eigenvalue weighted by Crippen LogP contribution is 2.17. The van der Waals surface area contributed by atoms with Crippen molar-refractivity contribution in [1.29, 1.82) is 0 Å². The molecule has 1 aliphatic rings. The fourth-order valence-corrected chi connectivity index (χ4v) is 3.07. The Balaban J connectivity index is 1.50. The molecule has 1 amide bonds. The highest BCUT2D eigenvalue weighted by Gasteiger charge is 2.14. The number of anilines is 1. The van der Waals surface area contributed by atoms with Gasteiger partial charge in [-0.25, -0.2) is 4.98 Å². The minimum Gasteiger partial charge on any atom is -0.368 e. The molecule has 0 radical (unpaired) electrons. The molecule has 3 rings (SSSR count). The van der Waals surface area contributed by atoms with E-state index in [9.17, 15) is 4.79 Å². The first-order chi connectivity index (χ1) is 13.4. The van der Waals surface area contributed by atoms with Crippen LogP contribution in [-0.2, 0) is 17.9 Å². The molecule has 2 aromatic heterocycles. The maximum absolute atomic E-state index is 12.4. The Morgan fingerprint density at radius 1 is 1.21 bits per heavy atom. The van der Waals surface area contributed by atoms with E-state index in [0.29, 0.717) is 30.2 Å². The van der Waals surface area contributed by atoms with Crippen LogP contribution < -0.4 is 10.2 Å². The van der Waals surface area contributed by atoms with Gasteiger partial charge in [0, 0.05) is 25.4 Å². The van der Waals surface area contributed by atoms with Gasteiger partial charge in [0.25, 0.3) is 5.91 Å². The average Bonchev–Trinajstić information content (AvgIpc) is 2.95. The van der Waals surface area contributed by atoms with E-state index in [-0.39, 0.29) is 11.5 Å². The number of nitrogens with zero attached hydrogens (tertiary/aromatic N) is 3. The molecule has 0 aromatic carbocycles. The van der Waals surface area contributed by atoms with Gasteiger partial charge in [-0.15, -0.1) is 0 Å². The minimum atomic E-state index is -0.242. The molecule has 0 saturated carbocycles. The fraction of sp³-hybridized carbons (Fsp3) is 0.571. The molecular formula is C21H30N4O3. The molecule has 28 heavy (non-hydrogen) atoms. The Hall–Kier alpha value is -2.41. The Labute approximate surface area is 166 Å². The van der Waals surface area contributed by atoms with Crippen LogP contribution in [0.15, 0.2) is 28.9 Å². The molecule has 1 fully saturated rings. The quantitative estimate of drug-likeness (QED) is 0.815. The first-order valence-corrected chi connectivity index (χ1v) is 9.98. The lowest BCUT2D eigenvalue weighted by molar-refractivity contribution is -0.0241. The van der Waals surface area contributed by atoms with Gasteiger partial charge in [0.2, 0.25) is 0 Å². The second kappa shape index (κ2) is 9.19. The molecule has 2 aromatic rings. The van der Waals surface area contributed by atoms with Crippen molar-refractivity contribution in [3.8, 4) is 0 Å². The van der Waals surface area contributed by atoms with Crippen LogP contribution in [-0.4, -0.2) is 34.7 Å². The van der Waals surface area contributed by atoms with Crippen molar-refractivity contribution in [3.63, 3.8) is 0 Å². The summed E-state index contributed by atoms with van der Waals surface area (Å²) in [6.07, 6.45) is 6.60. The van der Waals surface area contributed by atoms with Crippen molar-refractivity contribution in [2.45, 2.75) is 65.2 Å². The fourth-order valence-electron chi connectivity index (χ4n) is 3.07. The summed E-state index contributed by atoms with van der Waals surface area (Å²) >= 11 is 0. The van der Waals surface area contributed by atoms with Gasteiger partial charge in [-0.3, -0.25) is 4.79 Å². The van der Waals surface area contributed by atoms with Crippen molar-refractivity contribution >= 4 is 11.7 Å². The van der Waals surface area contributed by atoms with Crippen LogP contribution in [0.1, 0.15) is 68.3 Å². The summed E-state index contributed by atoms with van der Waals surface area (Å²) in [6.45, 7) is 8.67. The normalized spacial score (nSPS) is 15.3. The van der Waals surface area contributed by atoms with E-state index in [2.05, 4.69) is 20.4 Å². The molecule has 152 valence electrons. The molecule has 0 bridgehead atoms. The summed E-state index contributed by atoms with van der Waals surface area (Å²) in [7, 11) is 0. The molecule has 1 saturated heterocycles. The number of carbonyl (C=O) groups excluding carboxylic acids is 1. The smallest absolute Gasteiger partial charge is 0.253 e. The molecule has 3 heterocycles. The molecule has 1 N–H and O–H groups in total. The Bertz CT molecular complexity index is 757. The van der Waals surface area contributed by atoms with E-state index in [0.717, 1.165) is 18.9 Å². The van der Waals surface area contributed by atoms with E-state index >= 15 is 0 Å². The minimum absolute atomic E-state index is 0.176. The zero-order valence-electron chi connectivity index (χ0n) is 17.0. The largest absolute Gasteiger partial charge is 0.368 e. The summed E-state index contributed by atoms with van der Waals surface area (Å²) in [4.78, 5) is 19.2. The lowest BCUT2D eigenvalue weighted by atomic mass is 10.2. The zero-order chi connectivity index (χ0) is 20.0. The van der Waals surface area contributed by atoms with Crippen LogP contribution in [0.5, 0.6) is 0 Å². The number of ether oxygens (including phenoxy) is 1. The van der Waals surface area contributed by atoms with Gasteiger partial charge >= 0.3 is 0 Å². The average molecular weight is 386 g/mol. The number of amides is 1. The Morgan fingerprint density at radius 3 is 2.61 bits per heavy atom. The summed E-state index contributed by atoms with van der Waals surface area (Å²) in [6, 6.07) is 5.55. The lowest BCUT2D eigenvalue weighted by Gasteiger charge is -2.21. The predicted octanol–water partition coefficient (Wildman–Crippen LogP) is 3.70. The number of hydrogen-bond acceptors (Lipinski definition) is 6. The van der Waals surface area contributed by atoms with E-state index in [1.807, 2.05) is 32.9 Å². The molecule has 1 aliphatic heterocycles. The van der Waals surface area contributed by atoms with Gasteiger partial charge in [0.05, 0.1) is 17.7 Å². The summed E-state index contributed by atoms with van der Waals surface area (Å²) < 4.78 is 10.9.